The van der Waals surface area contributed by atoms with E-state index in [-0.39, 0.29) is 11.6 Å². The lowest BCUT2D eigenvalue weighted by atomic mass is 10.1. The number of carbonyl (C=O) groups excluding carboxylic acids is 1. The summed E-state index contributed by atoms with van der Waals surface area (Å²) in [5, 5.41) is 2.56. The molecule has 0 radical (unpaired) electrons. The molecule has 1 rings (SSSR count). The van der Waals surface area contributed by atoms with Crippen molar-refractivity contribution in [3.05, 3.63) is 11.9 Å². The summed E-state index contributed by atoms with van der Waals surface area (Å²) in [6.07, 6.45) is 1.80. The number of amides is 2. The molecule has 0 aromatic carbocycles. The lowest BCUT2D eigenvalue weighted by Crippen LogP contribution is -2.53. The summed E-state index contributed by atoms with van der Waals surface area (Å²) in [6.45, 7) is 6.55. The highest BCUT2D eigenvalue weighted by molar-refractivity contribution is 5.78. The molecule has 1 heterocycles. The minimum atomic E-state index is -0.152. The van der Waals surface area contributed by atoms with Crippen molar-refractivity contribution >= 4 is 6.03 Å². The molecule has 0 saturated heterocycles. The first-order valence-electron chi connectivity index (χ1n) is 3.95. The number of carbonyl (C=O) groups is 1. The van der Waals surface area contributed by atoms with Gasteiger partial charge in [-0.25, -0.2) is 4.79 Å². The van der Waals surface area contributed by atoms with E-state index in [0.29, 0.717) is 12.4 Å². The molecule has 0 aromatic rings. The van der Waals surface area contributed by atoms with Gasteiger partial charge in [0, 0.05) is 12.1 Å². The highest BCUT2D eigenvalue weighted by atomic mass is 16.2. The molecule has 0 aliphatic carbocycles. The van der Waals surface area contributed by atoms with Crippen LogP contribution in [-0.4, -0.2) is 23.0 Å². The Hall–Kier alpha value is -1.19. The van der Waals surface area contributed by atoms with Crippen LogP contribution in [0, 0.1) is 0 Å². The van der Waals surface area contributed by atoms with E-state index < -0.39 is 0 Å². The molecule has 0 spiro atoms. The van der Waals surface area contributed by atoms with Crippen molar-refractivity contribution in [3.8, 4) is 0 Å². The van der Waals surface area contributed by atoms with Crippen LogP contribution in [0.5, 0.6) is 0 Å². The van der Waals surface area contributed by atoms with Crippen LogP contribution in [0.1, 0.15) is 20.8 Å². The zero-order chi connectivity index (χ0) is 9.35. The Balaban J connectivity index is 2.77. The number of rotatable bonds is 0. The summed E-state index contributed by atoms with van der Waals surface area (Å²) in [5.74, 6) is 0.445. The second-order valence-electron chi connectivity index (χ2n) is 3.87. The number of nitrogens with one attached hydrogen (secondary N) is 1. The molecule has 0 bridgehead atoms. The Labute approximate surface area is 72.4 Å². The molecular formula is C8H15N3O. The Morgan fingerprint density at radius 2 is 2.17 bits per heavy atom. The molecular weight excluding hydrogens is 154 g/mol. The van der Waals surface area contributed by atoms with Gasteiger partial charge in [0.15, 0.2) is 0 Å². The van der Waals surface area contributed by atoms with Crippen molar-refractivity contribution in [3.63, 3.8) is 0 Å². The van der Waals surface area contributed by atoms with E-state index in [1.807, 2.05) is 20.8 Å². The van der Waals surface area contributed by atoms with E-state index in [1.165, 1.54) is 0 Å². The van der Waals surface area contributed by atoms with Gasteiger partial charge in [0.25, 0.3) is 0 Å². The fraction of sp³-hybridized carbons (Fsp3) is 0.625. The molecule has 0 unspecified atom stereocenters. The van der Waals surface area contributed by atoms with Crippen LogP contribution in [0.15, 0.2) is 11.9 Å². The summed E-state index contributed by atoms with van der Waals surface area (Å²) in [4.78, 5) is 13.1. The van der Waals surface area contributed by atoms with E-state index in [2.05, 4.69) is 5.32 Å². The van der Waals surface area contributed by atoms with Gasteiger partial charge in [0.05, 0.1) is 0 Å². The fourth-order valence-corrected chi connectivity index (χ4v) is 1.09. The van der Waals surface area contributed by atoms with E-state index in [1.54, 1.807) is 11.0 Å². The topological polar surface area (TPSA) is 58.4 Å². The van der Waals surface area contributed by atoms with Crippen LogP contribution < -0.4 is 11.1 Å². The predicted octanol–water partition coefficient (Wildman–Crippen LogP) is 0.610. The number of nitrogens with zero attached hydrogens (tertiary/aromatic N) is 1. The van der Waals surface area contributed by atoms with E-state index in [9.17, 15) is 4.79 Å². The number of urea groups is 1. The zero-order valence-corrected chi connectivity index (χ0v) is 7.72. The molecule has 2 amide bonds. The van der Waals surface area contributed by atoms with Crippen molar-refractivity contribution in [2.45, 2.75) is 26.3 Å². The second-order valence-corrected chi connectivity index (χ2v) is 3.87. The van der Waals surface area contributed by atoms with Gasteiger partial charge in [-0.05, 0) is 26.8 Å². The Morgan fingerprint density at radius 1 is 1.58 bits per heavy atom. The molecule has 12 heavy (non-hydrogen) atoms. The molecule has 3 N–H and O–H groups in total. The van der Waals surface area contributed by atoms with E-state index in [4.69, 9.17) is 5.73 Å². The molecule has 0 saturated carbocycles. The van der Waals surface area contributed by atoms with E-state index in [0.717, 1.165) is 0 Å². The molecule has 1 aliphatic rings. The molecule has 0 aromatic heterocycles. The second kappa shape index (κ2) is 2.69. The molecule has 1 aliphatic heterocycles. The third kappa shape index (κ3) is 1.69. The van der Waals surface area contributed by atoms with Crippen LogP contribution in [-0.2, 0) is 0 Å². The van der Waals surface area contributed by atoms with Gasteiger partial charge < -0.3 is 10.6 Å². The first-order chi connectivity index (χ1) is 5.41. The molecule has 0 fully saturated rings. The monoisotopic (exact) mass is 169 g/mol. The third-order valence-corrected chi connectivity index (χ3v) is 1.80. The minimum absolute atomic E-state index is 0.123. The standard InChI is InChI=1S/C8H15N3O/c1-8(2,3)11-5-4-6(9)10-7(11)12/h4H,5,9H2,1-3H3,(H,10,12). The Morgan fingerprint density at radius 3 is 2.58 bits per heavy atom. The maximum absolute atomic E-state index is 11.3. The van der Waals surface area contributed by atoms with Crippen LogP contribution in [0.25, 0.3) is 0 Å². The number of hydrogen-bond acceptors (Lipinski definition) is 2. The number of hydrogen-bond donors (Lipinski definition) is 2. The minimum Gasteiger partial charge on any atom is -0.385 e. The largest absolute Gasteiger partial charge is 0.385 e. The molecule has 4 heteroatoms. The quantitative estimate of drug-likeness (QED) is 0.558. The van der Waals surface area contributed by atoms with Crippen LogP contribution in [0.2, 0.25) is 0 Å². The summed E-state index contributed by atoms with van der Waals surface area (Å²) in [5.41, 5.74) is 5.28. The van der Waals surface area contributed by atoms with Crippen molar-refractivity contribution in [2.75, 3.05) is 6.54 Å². The predicted molar refractivity (Wildman–Crippen MR) is 47.3 cm³/mol. The van der Waals surface area contributed by atoms with E-state index >= 15 is 0 Å². The zero-order valence-electron chi connectivity index (χ0n) is 7.72. The SMILES string of the molecule is CC(C)(C)N1CC=C(N)NC1=O. The van der Waals surface area contributed by atoms with Gasteiger partial charge in [0.1, 0.15) is 5.82 Å². The Kier molecular flexibility index (Phi) is 2.00. The molecule has 4 nitrogen and oxygen atoms in total. The summed E-state index contributed by atoms with van der Waals surface area (Å²) < 4.78 is 0. The van der Waals surface area contributed by atoms with Gasteiger partial charge in [0.2, 0.25) is 0 Å². The van der Waals surface area contributed by atoms with Crippen molar-refractivity contribution < 1.29 is 4.79 Å². The van der Waals surface area contributed by atoms with Crippen molar-refractivity contribution in [1.29, 1.82) is 0 Å². The third-order valence-electron chi connectivity index (χ3n) is 1.80. The highest BCUT2D eigenvalue weighted by Crippen LogP contribution is 2.15. The smallest absolute Gasteiger partial charge is 0.323 e. The average Bonchev–Trinajstić information content (AvgIpc) is 1.83. The van der Waals surface area contributed by atoms with Crippen molar-refractivity contribution in [2.24, 2.45) is 5.73 Å². The summed E-state index contributed by atoms with van der Waals surface area (Å²) >= 11 is 0. The van der Waals surface area contributed by atoms with Crippen LogP contribution in [0.3, 0.4) is 0 Å². The highest BCUT2D eigenvalue weighted by Gasteiger charge is 2.27. The summed E-state index contributed by atoms with van der Waals surface area (Å²) in [7, 11) is 0. The first-order valence-corrected chi connectivity index (χ1v) is 3.95. The number of nitrogens with two attached hydrogens (primary N) is 1. The van der Waals surface area contributed by atoms with Crippen LogP contribution >= 0.6 is 0 Å². The summed E-state index contributed by atoms with van der Waals surface area (Å²) in [6, 6.07) is -0.123. The maximum atomic E-state index is 11.3. The van der Waals surface area contributed by atoms with Crippen molar-refractivity contribution in [1.82, 2.24) is 10.2 Å². The van der Waals surface area contributed by atoms with Gasteiger partial charge in [-0.15, -0.1) is 0 Å². The first kappa shape index (κ1) is 8.90. The maximum Gasteiger partial charge on any atom is 0.323 e. The average molecular weight is 169 g/mol. The van der Waals surface area contributed by atoms with Crippen LogP contribution in [0.4, 0.5) is 4.79 Å². The fourth-order valence-electron chi connectivity index (χ4n) is 1.09. The molecule has 0 atom stereocenters. The Bertz CT molecular complexity index is 227. The lowest BCUT2D eigenvalue weighted by Gasteiger charge is -2.37. The van der Waals surface area contributed by atoms with Gasteiger partial charge >= 0.3 is 6.03 Å². The lowest BCUT2D eigenvalue weighted by molar-refractivity contribution is 0.152. The normalized spacial score (nSPS) is 18.8. The van der Waals surface area contributed by atoms with Gasteiger partial charge in [-0.1, -0.05) is 0 Å². The van der Waals surface area contributed by atoms with Gasteiger partial charge in [-0.3, -0.25) is 5.32 Å². The molecule has 68 valence electrons. The van der Waals surface area contributed by atoms with Gasteiger partial charge in [-0.2, -0.15) is 0 Å².